The van der Waals surface area contributed by atoms with Crippen molar-refractivity contribution in [2.75, 3.05) is 0 Å². The van der Waals surface area contributed by atoms with Gasteiger partial charge in [0.25, 0.3) is 0 Å². The van der Waals surface area contributed by atoms with E-state index in [0.717, 1.165) is 33.8 Å². The van der Waals surface area contributed by atoms with Crippen molar-refractivity contribution in [1.29, 1.82) is 0 Å². The first-order chi connectivity index (χ1) is 15.5. The predicted molar refractivity (Wildman–Crippen MR) is 143 cm³/mol. The van der Waals surface area contributed by atoms with E-state index in [0.29, 0.717) is 23.3 Å². The lowest BCUT2D eigenvalue weighted by Gasteiger charge is -2.31. The third kappa shape index (κ3) is 6.42. The average Bonchev–Trinajstić information content (AvgIpc) is 2.61. The number of phosphoric ester groups is 1. The Bertz CT molecular complexity index is 1020. The summed E-state index contributed by atoms with van der Waals surface area (Å²) in [5, 5.41) is 0. The Morgan fingerprint density at radius 2 is 1.12 bits per heavy atom. The number of hydrogen-bond donors (Lipinski definition) is 1. The molecule has 0 atom stereocenters. The highest BCUT2D eigenvalue weighted by Crippen LogP contribution is 2.58. The summed E-state index contributed by atoms with van der Waals surface area (Å²) in [4.78, 5) is 12.6. The van der Waals surface area contributed by atoms with Crippen molar-refractivity contribution in [3.63, 3.8) is 0 Å². The molecule has 0 unspecified atom stereocenters. The molecule has 0 bridgehead atoms. The highest BCUT2D eigenvalue weighted by atomic mass is 32.2. The lowest BCUT2D eigenvalue weighted by molar-refractivity contribution is 0.280. The third-order valence-corrected chi connectivity index (χ3v) is 7.64. The van der Waals surface area contributed by atoms with Crippen molar-refractivity contribution >= 4 is 19.6 Å². The van der Waals surface area contributed by atoms with E-state index in [9.17, 15) is 9.46 Å². The standard InChI is InChI=1S/C28H41O4PS/c1-17(2)11-19-13-21(27(5,6)7)25-23(15-19)34-24-16-20(12-18(3)4)14-22(28(8,9)10)26(24)32-33(29,30)31-25/h13-18H,11-12H2,1-10H3,(H,29,30). The first kappa shape index (κ1) is 27.2. The highest BCUT2D eigenvalue weighted by Gasteiger charge is 2.37. The molecule has 3 rings (SSSR count). The molecule has 1 aliphatic rings. The van der Waals surface area contributed by atoms with E-state index in [1.54, 1.807) is 11.8 Å². The van der Waals surface area contributed by atoms with Gasteiger partial charge in [-0.3, -0.25) is 4.89 Å². The van der Waals surface area contributed by atoms with Gasteiger partial charge in [-0.2, -0.15) is 0 Å². The summed E-state index contributed by atoms with van der Waals surface area (Å²) in [5.74, 6) is 1.89. The topological polar surface area (TPSA) is 55.8 Å². The Labute approximate surface area is 210 Å². The van der Waals surface area contributed by atoms with Gasteiger partial charge in [-0.25, -0.2) is 4.57 Å². The zero-order valence-corrected chi connectivity index (χ0v) is 24.1. The third-order valence-electron chi connectivity index (χ3n) is 5.77. The fraction of sp³-hybridized carbons (Fsp3) is 0.571. The maximum atomic E-state index is 13.3. The van der Waals surface area contributed by atoms with Gasteiger partial charge < -0.3 is 9.05 Å². The quantitative estimate of drug-likeness (QED) is 0.422. The molecule has 188 valence electrons. The molecule has 0 aromatic heterocycles. The molecule has 1 N–H and O–H groups in total. The maximum Gasteiger partial charge on any atom is 0.584 e. The molecule has 34 heavy (non-hydrogen) atoms. The minimum Gasteiger partial charge on any atom is -0.394 e. The molecular weight excluding hydrogens is 463 g/mol. The minimum absolute atomic E-state index is 0.268. The van der Waals surface area contributed by atoms with E-state index in [1.807, 2.05) is 0 Å². The highest BCUT2D eigenvalue weighted by molar-refractivity contribution is 7.99. The molecule has 2 aromatic rings. The molecule has 0 aliphatic carbocycles. The fourth-order valence-electron chi connectivity index (χ4n) is 4.32. The molecule has 0 saturated heterocycles. The molecule has 2 aromatic carbocycles. The van der Waals surface area contributed by atoms with Crippen LogP contribution in [0.4, 0.5) is 0 Å². The molecule has 0 saturated carbocycles. The molecule has 0 fully saturated rings. The second-order valence-electron chi connectivity index (χ2n) is 12.4. The van der Waals surface area contributed by atoms with E-state index in [2.05, 4.69) is 93.5 Å². The molecule has 1 aliphatic heterocycles. The van der Waals surface area contributed by atoms with E-state index < -0.39 is 7.82 Å². The summed E-state index contributed by atoms with van der Waals surface area (Å²) >= 11 is 1.58. The van der Waals surface area contributed by atoms with Crippen LogP contribution in [-0.2, 0) is 28.2 Å². The summed E-state index contributed by atoms with van der Waals surface area (Å²) in [6, 6.07) is 8.49. The van der Waals surface area contributed by atoms with Gasteiger partial charge in [0.05, 0.1) is 9.79 Å². The van der Waals surface area contributed by atoms with Crippen molar-refractivity contribution in [2.24, 2.45) is 11.8 Å². The van der Waals surface area contributed by atoms with Crippen LogP contribution in [-0.4, -0.2) is 4.89 Å². The molecular formula is C28H41O4PS. The minimum atomic E-state index is -4.41. The van der Waals surface area contributed by atoms with Crippen LogP contribution in [0.1, 0.15) is 91.5 Å². The van der Waals surface area contributed by atoms with Crippen molar-refractivity contribution in [3.8, 4) is 11.5 Å². The van der Waals surface area contributed by atoms with Crippen molar-refractivity contribution in [2.45, 2.75) is 103 Å². The largest absolute Gasteiger partial charge is 0.584 e. The van der Waals surface area contributed by atoms with Crippen molar-refractivity contribution < 1.29 is 18.5 Å². The van der Waals surface area contributed by atoms with Gasteiger partial charge in [0.1, 0.15) is 11.5 Å². The summed E-state index contributed by atoms with van der Waals surface area (Å²) < 4.78 is 25.0. The summed E-state index contributed by atoms with van der Waals surface area (Å²) in [6.07, 6.45) is 1.86. The van der Waals surface area contributed by atoms with Crippen LogP contribution < -0.4 is 9.05 Å². The van der Waals surface area contributed by atoms with E-state index in [-0.39, 0.29) is 10.8 Å². The lowest BCUT2D eigenvalue weighted by Crippen LogP contribution is -2.18. The van der Waals surface area contributed by atoms with E-state index in [1.165, 1.54) is 11.1 Å². The zero-order valence-electron chi connectivity index (χ0n) is 22.4. The van der Waals surface area contributed by atoms with E-state index in [4.69, 9.17) is 9.05 Å². The van der Waals surface area contributed by atoms with Crippen LogP contribution in [0.2, 0.25) is 0 Å². The van der Waals surface area contributed by atoms with E-state index >= 15 is 0 Å². The predicted octanol–water partition coefficient (Wildman–Crippen LogP) is 8.70. The van der Waals surface area contributed by atoms with Crippen LogP contribution in [0, 0.1) is 11.8 Å². The zero-order chi connectivity index (χ0) is 25.6. The number of hydrogen-bond acceptors (Lipinski definition) is 4. The summed E-state index contributed by atoms with van der Waals surface area (Å²) in [5.41, 5.74) is 3.72. The number of benzene rings is 2. The smallest absolute Gasteiger partial charge is 0.394 e. The van der Waals surface area contributed by atoms with Gasteiger partial charge in [-0.15, -0.1) is 0 Å². The van der Waals surface area contributed by atoms with Crippen LogP contribution >= 0.6 is 19.6 Å². The monoisotopic (exact) mass is 504 g/mol. The Morgan fingerprint density at radius 3 is 1.41 bits per heavy atom. The van der Waals surface area contributed by atoms with Crippen LogP contribution in [0.15, 0.2) is 34.1 Å². The Balaban J connectivity index is 2.33. The van der Waals surface area contributed by atoms with Crippen LogP contribution in [0.5, 0.6) is 11.5 Å². The second-order valence-corrected chi connectivity index (χ2v) is 14.8. The second kappa shape index (κ2) is 9.56. The van der Waals surface area contributed by atoms with Crippen molar-refractivity contribution in [1.82, 2.24) is 0 Å². The average molecular weight is 505 g/mol. The van der Waals surface area contributed by atoms with Gasteiger partial charge >= 0.3 is 7.82 Å². The van der Waals surface area contributed by atoms with Gasteiger partial charge in [0, 0.05) is 11.1 Å². The Kier molecular flexibility index (Phi) is 7.64. The first-order valence-electron chi connectivity index (χ1n) is 12.2. The number of fused-ring (bicyclic) bond motifs is 2. The molecule has 0 radical (unpaired) electrons. The molecule has 6 heteroatoms. The van der Waals surface area contributed by atoms with Gasteiger partial charge in [-0.05, 0) is 58.8 Å². The van der Waals surface area contributed by atoms with Crippen LogP contribution in [0.25, 0.3) is 0 Å². The fourth-order valence-corrected chi connectivity index (χ4v) is 6.48. The van der Waals surface area contributed by atoms with Crippen LogP contribution in [0.3, 0.4) is 0 Å². The molecule has 4 nitrogen and oxygen atoms in total. The molecule has 1 heterocycles. The lowest BCUT2D eigenvalue weighted by atomic mass is 9.84. The van der Waals surface area contributed by atoms with Gasteiger partial charge in [0.2, 0.25) is 0 Å². The van der Waals surface area contributed by atoms with Crippen molar-refractivity contribution in [3.05, 3.63) is 46.5 Å². The SMILES string of the molecule is CC(C)Cc1cc2c(c(C(C)(C)C)c1)OP(=O)(O)Oc1c(cc(CC(C)C)cc1C(C)(C)C)S2. The molecule has 0 spiro atoms. The summed E-state index contributed by atoms with van der Waals surface area (Å²) in [6.45, 7) is 21.4. The summed E-state index contributed by atoms with van der Waals surface area (Å²) in [7, 11) is -4.41. The maximum absolute atomic E-state index is 13.3. The van der Waals surface area contributed by atoms with Gasteiger partial charge in [0.15, 0.2) is 0 Å². The normalized spacial score (nSPS) is 15.8. The first-order valence-corrected chi connectivity index (χ1v) is 14.5. The number of rotatable bonds is 4. The van der Waals surface area contributed by atoms with Gasteiger partial charge in [-0.1, -0.05) is 93.1 Å². The Hall–Kier alpha value is -1.42. The Morgan fingerprint density at radius 1 is 0.765 bits per heavy atom. The number of phosphoric acid groups is 1. The molecule has 0 amide bonds.